The van der Waals surface area contributed by atoms with E-state index in [1.54, 1.807) is 4.90 Å². The molecule has 124 valence electrons. The number of amides is 1. The predicted molar refractivity (Wildman–Crippen MR) is 79.7 cm³/mol. The van der Waals surface area contributed by atoms with Crippen LogP contribution in [0.4, 0.5) is 0 Å². The zero-order valence-corrected chi connectivity index (χ0v) is 13.1. The van der Waals surface area contributed by atoms with Crippen LogP contribution in [0.25, 0.3) is 0 Å². The number of H-pyrrole nitrogens is 2. The molecule has 0 radical (unpaired) electrons. The summed E-state index contributed by atoms with van der Waals surface area (Å²) in [6.45, 7) is 8.43. The first-order valence-corrected chi connectivity index (χ1v) is 7.22. The minimum Gasteiger partial charge on any atom is -0.483 e. The third kappa shape index (κ3) is 4.42. The monoisotopic (exact) mass is 313 g/mol. The van der Waals surface area contributed by atoms with Gasteiger partial charge in [0, 0.05) is 31.7 Å². The van der Waals surface area contributed by atoms with Crippen molar-refractivity contribution >= 4 is 12.4 Å². The van der Waals surface area contributed by atoms with Crippen molar-refractivity contribution in [1.29, 1.82) is 0 Å². The maximum Gasteiger partial charge on any atom is 0.341 e. The third-order valence-corrected chi connectivity index (χ3v) is 3.65. The summed E-state index contributed by atoms with van der Waals surface area (Å²) in [4.78, 5) is 38.1. The van der Waals surface area contributed by atoms with Gasteiger partial charge in [0.2, 0.25) is 5.82 Å². The Bertz CT molecular complexity index is 539. The number of nitrogens with zero attached hydrogens (tertiary/aromatic N) is 3. The second kappa shape index (κ2) is 8.32. The lowest BCUT2D eigenvalue weighted by Gasteiger charge is -2.43. The minimum absolute atomic E-state index is 0.0952. The second-order valence-electron chi connectivity index (χ2n) is 5.28. The summed E-state index contributed by atoms with van der Waals surface area (Å²) >= 11 is 0. The van der Waals surface area contributed by atoms with E-state index >= 15 is 0 Å². The van der Waals surface area contributed by atoms with Crippen molar-refractivity contribution in [2.45, 2.75) is 39.3 Å². The van der Waals surface area contributed by atoms with Crippen molar-refractivity contribution in [3.05, 3.63) is 16.3 Å². The molecule has 0 saturated carbocycles. The normalized spacial score (nSPS) is 18.7. The molecule has 1 aliphatic rings. The molecular formula is C13H23N5O4. The summed E-state index contributed by atoms with van der Waals surface area (Å²) in [5.41, 5.74) is -0.448. The molecule has 1 fully saturated rings. The molecule has 1 aliphatic heterocycles. The van der Waals surface area contributed by atoms with Gasteiger partial charge in [-0.2, -0.15) is 0 Å². The van der Waals surface area contributed by atoms with Gasteiger partial charge in [0.05, 0.1) is 0 Å². The molecule has 9 nitrogen and oxygen atoms in total. The summed E-state index contributed by atoms with van der Waals surface area (Å²) in [6, 6.07) is 0.843. The van der Waals surface area contributed by atoms with Gasteiger partial charge in [0.25, 0.3) is 12.4 Å². The molecule has 0 bridgehead atoms. The van der Waals surface area contributed by atoms with Crippen molar-refractivity contribution in [2.75, 3.05) is 19.6 Å². The van der Waals surface area contributed by atoms with Gasteiger partial charge < -0.3 is 10.0 Å². The molecule has 1 saturated heterocycles. The highest BCUT2D eigenvalue weighted by molar-refractivity contribution is 5.90. The predicted octanol–water partition coefficient (Wildman–Crippen LogP) is -0.256. The Kier molecular flexibility index (Phi) is 6.77. The van der Waals surface area contributed by atoms with Crippen LogP contribution in [0.5, 0.6) is 0 Å². The van der Waals surface area contributed by atoms with E-state index in [1.807, 2.05) is 0 Å². The van der Waals surface area contributed by atoms with Crippen LogP contribution < -0.4 is 5.69 Å². The van der Waals surface area contributed by atoms with E-state index in [1.165, 1.54) is 0 Å². The lowest BCUT2D eigenvalue weighted by atomic mass is 10.1. The minimum atomic E-state index is -0.448. The highest BCUT2D eigenvalue weighted by Crippen LogP contribution is 2.16. The average molecular weight is 313 g/mol. The quantitative estimate of drug-likeness (QED) is 0.661. The number of piperazine rings is 1. The SMILES string of the molecule is CCC1CN(C(=O)c2n[nH]c(=O)[nH]2)CCN1C(C)C.O=CO. The van der Waals surface area contributed by atoms with Crippen LogP contribution >= 0.6 is 0 Å². The van der Waals surface area contributed by atoms with E-state index < -0.39 is 5.69 Å². The van der Waals surface area contributed by atoms with Crippen molar-refractivity contribution < 1.29 is 14.7 Å². The van der Waals surface area contributed by atoms with Crippen LogP contribution in [0, 0.1) is 0 Å². The van der Waals surface area contributed by atoms with Crippen molar-refractivity contribution in [2.24, 2.45) is 0 Å². The fourth-order valence-electron chi connectivity index (χ4n) is 2.62. The third-order valence-electron chi connectivity index (χ3n) is 3.65. The zero-order chi connectivity index (χ0) is 16.7. The molecule has 1 unspecified atom stereocenters. The summed E-state index contributed by atoms with van der Waals surface area (Å²) < 4.78 is 0. The molecule has 3 N–H and O–H groups in total. The van der Waals surface area contributed by atoms with Gasteiger partial charge in [-0.1, -0.05) is 6.92 Å². The van der Waals surface area contributed by atoms with Gasteiger partial charge in [0.15, 0.2) is 0 Å². The van der Waals surface area contributed by atoms with Crippen LogP contribution in [0.2, 0.25) is 0 Å². The number of hydrogen-bond donors (Lipinski definition) is 3. The fraction of sp³-hybridized carbons (Fsp3) is 0.692. The van der Waals surface area contributed by atoms with Gasteiger partial charge in [-0.25, -0.2) is 9.89 Å². The number of aromatic nitrogens is 3. The molecule has 0 spiro atoms. The number of aromatic amines is 2. The van der Waals surface area contributed by atoms with Crippen LogP contribution in [-0.2, 0) is 4.79 Å². The number of carboxylic acid groups (broad SMARTS) is 1. The maximum atomic E-state index is 12.2. The lowest BCUT2D eigenvalue weighted by molar-refractivity contribution is -0.122. The van der Waals surface area contributed by atoms with Gasteiger partial charge in [0.1, 0.15) is 0 Å². The molecule has 1 atom stereocenters. The fourth-order valence-corrected chi connectivity index (χ4v) is 2.62. The molecule has 1 aromatic rings. The van der Waals surface area contributed by atoms with E-state index in [2.05, 4.69) is 40.9 Å². The zero-order valence-electron chi connectivity index (χ0n) is 13.1. The number of rotatable bonds is 3. The van der Waals surface area contributed by atoms with Gasteiger partial charge >= 0.3 is 5.69 Å². The summed E-state index contributed by atoms with van der Waals surface area (Å²) in [6.07, 6.45) is 0.999. The Balaban J connectivity index is 0.000000745. The Hall–Kier alpha value is -2.16. The molecule has 2 heterocycles. The van der Waals surface area contributed by atoms with Gasteiger partial charge in [-0.3, -0.25) is 19.5 Å². The molecule has 2 rings (SSSR count). The summed E-state index contributed by atoms with van der Waals surface area (Å²) in [7, 11) is 0. The summed E-state index contributed by atoms with van der Waals surface area (Å²) in [5, 5.41) is 12.8. The van der Waals surface area contributed by atoms with Crippen LogP contribution in [0.15, 0.2) is 4.79 Å². The van der Waals surface area contributed by atoms with Gasteiger partial charge in [-0.05, 0) is 20.3 Å². The Morgan fingerprint density at radius 1 is 1.50 bits per heavy atom. The molecule has 1 amide bonds. The topological polar surface area (TPSA) is 122 Å². The smallest absolute Gasteiger partial charge is 0.341 e. The van der Waals surface area contributed by atoms with Crippen molar-refractivity contribution in [3.63, 3.8) is 0 Å². The van der Waals surface area contributed by atoms with E-state index in [9.17, 15) is 9.59 Å². The first-order chi connectivity index (χ1) is 10.4. The number of hydrogen-bond acceptors (Lipinski definition) is 5. The standard InChI is InChI=1S/C12H21N5O2.CH2O2/c1-4-9-7-16(5-6-17(9)8(2)3)11(18)10-13-12(19)15-14-10;2-1-3/h8-9H,4-7H2,1-3H3,(H2,13,14,15,19);1H,(H,2,3). The van der Waals surface area contributed by atoms with E-state index in [4.69, 9.17) is 9.90 Å². The first kappa shape index (κ1) is 17.9. The number of carbonyl (C=O) groups is 2. The Morgan fingerprint density at radius 3 is 2.59 bits per heavy atom. The van der Waals surface area contributed by atoms with Crippen molar-refractivity contribution in [3.8, 4) is 0 Å². The average Bonchev–Trinajstić information content (AvgIpc) is 2.93. The van der Waals surface area contributed by atoms with E-state index in [0.717, 1.165) is 13.0 Å². The first-order valence-electron chi connectivity index (χ1n) is 7.22. The lowest BCUT2D eigenvalue weighted by Crippen LogP contribution is -2.56. The second-order valence-corrected chi connectivity index (χ2v) is 5.28. The van der Waals surface area contributed by atoms with Gasteiger partial charge in [-0.15, -0.1) is 5.10 Å². The van der Waals surface area contributed by atoms with E-state index in [-0.39, 0.29) is 18.2 Å². The molecule has 1 aromatic heterocycles. The number of nitrogens with one attached hydrogen (secondary N) is 2. The highest BCUT2D eigenvalue weighted by Gasteiger charge is 2.31. The molecule has 0 aliphatic carbocycles. The molecule has 9 heteroatoms. The van der Waals surface area contributed by atoms with E-state index in [0.29, 0.717) is 25.2 Å². The number of carbonyl (C=O) groups excluding carboxylic acids is 1. The van der Waals surface area contributed by atoms with Crippen LogP contribution in [0.3, 0.4) is 0 Å². The Morgan fingerprint density at radius 2 is 2.14 bits per heavy atom. The largest absolute Gasteiger partial charge is 0.483 e. The van der Waals surface area contributed by atoms with Crippen molar-refractivity contribution in [1.82, 2.24) is 25.0 Å². The summed E-state index contributed by atoms with van der Waals surface area (Å²) in [5.74, 6) is -0.113. The molecule has 0 aromatic carbocycles. The molecular weight excluding hydrogens is 290 g/mol. The maximum absolute atomic E-state index is 12.2. The highest BCUT2D eigenvalue weighted by atomic mass is 16.3. The Labute approximate surface area is 128 Å². The molecule has 22 heavy (non-hydrogen) atoms. The van der Waals surface area contributed by atoms with Crippen LogP contribution in [-0.4, -0.2) is 74.2 Å². The van der Waals surface area contributed by atoms with Crippen LogP contribution in [0.1, 0.15) is 37.8 Å².